The highest BCUT2D eigenvalue weighted by molar-refractivity contribution is 5.85. The summed E-state index contributed by atoms with van der Waals surface area (Å²) >= 11 is 0. The predicted molar refractivity (Wildman–Crippen MR) is 107 cm³/mol. The molecule has 2 aliphatic heterocycles. The molecule has 4 rings (SSSR count). The zero-order valence-corrected chi connectivity index (χ0v) is 16.6. The van der Waals surface area contributed by atoms with E-state index in [4.69, 9.17) is 9.47 Å². The Balaban J connectivity index is 1.83. The van der Waals surface area contributed by atoms with Gasteiger partial charge < -0.3 is 19.5 Å². The van der Waals surface area contributed by atoms with Gasteiger partial charge in [0.05, 0.1) is 12.1 Å². The Morgan fingerprint density at radius 1 is 1.21 bits per heavy atom. The van der Waals surface area contributed by atoms with Crippen LogP contribution in [-0.4, -0.2) is 35.9 Å². The lowest BCUT2D eigenvalue weighted by molar-refractivity contribution is -0.136. The first kappa shape index (κ1) is 18.6. The van der Waals surface area contributed by atoms with E-state index in [0.29, 0.717) is 11.2 Å². The Labute approximate surface area is 165 Å². The van der Waals surface area contributed by atoms with Crippen molar-refractivity contribution >= 4 is 11.7 Å². The first-order valence-corrected chi connectivity index (χ1v) is 9.69. The standard InChI is InChI=1S/C22H26N2O4/c1-14-16(11-20(25)26)21(24-8-6-22(2,3)7-9-24)17(12-23-14)15-4-5-18-19(10-15)28-13-27-18/h4-5,10,12H,6-9,11,13H2,1-3H3,(H,25,26). The molecule has 0 radical (unpaired) electrons. The number of anilines is 1. The van der Waals surface area contributed by atoms with Gasteiger partial charge in [-0.3, -0.25) is 9.78 Å². The van der Waals surface area contributed by atoms with Crippen molar-refractivity contribution in [3.05, 3.63) is 35.7 Å². The van der Waals surface area contributed by atoms with Gasteiger partial charge in [-0.05, 0) is 42.9 Å². The number of benzene rings is 1. The Hall–Kier alpha value is -2.76. The van der Waals surface area contributed by atoms with E-state index in [1.54, 1.807) is 0 Å². The van der Waals surface area contributed by atoms with Crippen LogP contribution in [0.1, 0.15) is 37.9 Å². The first-order chi connectivity index (χ1) is 13.3. The monoisotopic (exact) mass is 382 g/mol. The maximum Gasteiger partial charge on any atom is 0.307 e. The molecule has 1 saturated heterocycles. The molecule has 1 aromatic heterocycles. The van der Waals surface area contributed by atoms with E-state index in [2.05, 4.69) is 23.7 Å². The fraction of sp³-hybridized carbons (Fsp3) is 0.455. The van der Waals surface area contributed by atoms with Gasteiger partial charge in [0.15, 0.2) is 11.5 Å². The maximum atomic E-state index is 11.6. The Morgan fingerprint density at radius 2 is 1.93 bits per heavy atom. The van der Waals surface area contributed by atoms with Gasteiger partial charge in [-0.1, -0.05) is 19.9 Å². The quantitative estimate of drug-likeness (QED) is 0.860. The van der Waals surface area contributed by atoms with Crippen molar-refractivity contribution in [2.45, 2.75) is 40.0 Å². The van der Waals surface area contributed by atoms with Gasteiger partial charge in [0.25, 0.3) is 0 Å². The summed E-state index contributed by atoms with van der Waals surface area (Å²) in [5.74, 6) is 0.603. The van der Waals surface area contributed by atoms with E-state index in [-0.39, 0.29) is 13.2 Å². The molecule has 0 amide bonds. The van der Waals surface area contributed by atoms with Crippen LogP contribution in [-0.2, 0) is 11.2 Å². The Bertz CT molecular complexity index is 913. The SMILES string of the molecule is Cc1ncc(-c2ccc3c(c2)OCO3)c(N2CCC(C)(C)CC2)c1CC(=O)O. The van der Waals surface area contributed by atoms with Gasteiger partial charge in [0, 0.05) is 36.1 Å². The van der Waals surface area contributed by atoms with Crippen LogP contribution in [0.5, 0.6) is 11.5 Å². The number of aryl methyl sites for hydroxylation is 1. The van der Waals surface area contributed by atoms with Crippen molar-refractivity contribution in [1.29, 1.82) is 0 Å². The second-order valence-electron chi connectivity index (χ2n) is 8.37. The average Bonchev–Trinajstić information content (AvgIpc) is 3.11. The molecule has 2 aliphatic rings. The molecule has 1 fully saturated rings. The van der Waals surface area contributed by atoms with E-state index in [9.17, 15) is 9.90 Å². The van der Waals surface area contributed by atoms with E-state index in [1.807, 2.05) is 31.3 Å². The van der Waals surface area contributed by atoms with E-state index in [1.165, 1.54) is 0 Å². The molecule has 2 aromatic rings. The largest absolute Gasteiger partial charge is 0.481 e. The third-order valence-corrected chi connectivity index (χ3v) is 5.81. The van der Waals surface area contributed by atoms with Crippen LogP contribution in [0.15, 0.2) is 24.4 Å². The summed E-state index contributed by atoms with van der Waals surface area (Å²) in [6, 6.07) is 5.84. The first-order valence-electron chi connectivity index (χ1n) is 9.69. The molecule has 6 heteroatoms. The van der Waals surface area contributed by atoms with E-state index < -0.39 is 5.97 Å². The lowest BCUT2D eigenvalue weighted by atomic mass is 9.82. The van der Waals surface area contributed by atoms with Gasteiger partial charge in [-0.25, -0.2) is 0 Å². The number of ether oxygens (including phenoxy) is 2. The summed E-state index contributed by atoms with van der Waals surface area (Å²) in [6.45, 7) is 8.50. The van der Waals surface area contributed by atoms with Crippen LogP contribution in [0.4, 0.5) is 5.69 Å². The third-order valence-electron chi connectivity index (χ3n) is 5.81. The molecular formula is C22H26N2O4. The molecule has 1 aromatic carbocycles. The summed E-state index contributed by atoms with van der Waals surface area (Å²) in [7, 11) is 0. The number of hydrogen-bond acceptors (Lipinski definition) is 5. The van der Waals surface area contributed by atoms with Crippen molar-refractivity contribution < 1.29 is 19.4 Å². The van der Waals surface area contributed by atoms with Crippen LogP contribution in [0.25, 0.3) is 11.1 Å². The molecule has 28 heavy (non-hydrogen) atoms. The zero-order chi connectivity index (χ0) is 19.9. The van der Waals surface area contributed by atoms with E-state index in [0.717, 1.165) is 59.8 Å². The van der Waals surface area contributed by atoms with Crippen molar-refractivity contribution in [1.82, 2.24) is 4.98 Å². The lowest BCUT2D eigenvalue weighted by Gasteiger charge is -2.40. The molecule has 3 heterocycles. The summed E-state index contributed by atoms with van der Waals surface area (Å²) in [6.07, 6.45) is 3.96. The smallest absolute Gasteiger partial charge is 0.307 e. The fourth-order valence-electron chi connectivity index (χ4n) is 3.97. The van der Waals surface area contributed by atoms with Gasteiger partial charge in [0.1, 0.15) is 0 Å². The van der Waals surface area contributed by atoms with Crippen LogP contribution in [0.2, 0.25) is 0 Å². The highest BCUT2D eigenvalue weighted by atomic mass is 16.7. The normalized spacial score (nSPS) is 17.6. The summed E-state index contributed by atoms with van der Waals surface area (Å²) in [4.78, 5) is 18.4. The number of aliphatic carboxylic acids is 1. The van der Waals surface area contributed by atoms with Crippen LogP contribution < -0.4 is 14.4 Å². The number of nitrogens with zero attached hydrogens (tertiary/aromatic N) is 2. The number of fused-ring (bicyclic) bond motifs is 1. The molecule has 1 N–H and O–H groups in total. The minimum absolute atomic E-state index is 0.0353. The lowest BCUT2D eigenvalue weighted by Crippen LogP contribution is -2.38. The zero-order valence-electron chi connectivity index (χ0n) is 16.6. The predicted octanol–water partition coefficient (Wildman–Crippen LogP) is 4.04. The number of rotatable bonds is 4. The van der Waals surface area contributed by atoms with Gasteiger partial charge in [0.2, 0.25) is 6.79 Å². The molecule has 0 unspecified atom stereocenters. The van der Waals surface area contributed by atoms with Crippen molar-refractivity contribution in [3.63, 3.8) is 0 Å². The second-order valence-corrected chi connectivity index (χ2v) is 8.37. The van der Waals surface area contributed by atoms with Gasteiger partial charge >= 0.3 is 5.97 Å². The average molecular weight is 382 g/mol. The third kappa shape index (κ3) is 3.51. The van der Waals surface area contributed by atoms with Crippen molar-refractivity contribution in [2.24, 2.45) is 5.41 Å². The minimum atomic E-state index is -0.841. The number of hydrogen-bond donors (Lipinski definition) is 1. The van der Waals surface area contributed by atoms with Gasteiger partial charge in [-0.2, -0.15) is 0 Å². The highest BCUT2D eigenvalue weighted by Gasteiger charge is 2.29. The number of aromatic nitrogens is 1. The summed E-state index contributed by atoms with van der Waals surface area (Å²) in [5, 5.41) is 9.50. The van der Waals surface area contributed by atoms with Crippen molar-refractivity contribution in [2.75, 3.05) is 24.8 Å². The van der Waals surface area contributed by atoms with Crippen LogP contribution in [0, 0.1) is 12.3 Å². The molecule has 148 valence electrons. The maximum absolute atomic E-state index is 11.6. The minimum Gasteiger partial charge on any atom is -0.481 e. The number of carboxylic acid groups (broad SMARTS) is 1. The molecule has 0 spiro atoms. The van der Waals surface area contributed by atoms with Gasteiger partial charge in [-0.15, -0.1) is 0 Å². The summed E-state index contributed by atoms with van der Waals surface area (Å²) < 4.78 is 11.0. The number of carboxylic acids is 1. The van der Waals surface area contributed by atoms with Crippen LogP contribution in [0.3, 0.4) is 0 Å². The second kappa shape index (κ2) is 7.00. The summed E-state index contributed by atoms with van der Waals surface area (Å²) in [5.41, 5.74) is 4.77. The fourth-order valence-corrected chi connectivity index (χ4v) is 3.97. The Kier molecular flexibility index (Phi) is 4.65. The highest BCUT2D eigenvalue weighted by Crippen LogP contribution is 2.42. The van der Waals surface area contributed by atoms with Crippen LogP contribution >= 0.6 is 0 Å². The van der Waals surface area contributed by atoms with Crippen molar-refractivity contribution in [3.8, 4) is 22.6 Å². The molecule has 0 aliphatic carbocycles. The number of pyridine rings is 1. The van der Waals surface area contributed by atoms with E-state index >= 15 is 0 Å². The molecule has 0 saturated carbocycles. The molecule has 0 atom stereocenters. The Morgan fingerprint density at radius 3 is 2.64 bits per heavy atom. The molecular weight excluding hydrogens is 356 g/mol. The molecule has 6 nitrogen and oxygen atoms in total. The molecule has 0 bridgehead atoms. The number of piperidine rings is 1. The topological polar surface area (TPSA) is 71.9 Å². The number of carbonyl (C=O) groups is 1.